The lowest BCUT2D eigenvalue weighted by atomic mass is 9.89. The van der Waals surface area contributed by atoms with Gasteiger partial charge in [-0.2, -0.15) is 0 Å². The summed E-state index contributed by atoms with van der Waals surface area (Å²) in [7, 11) is 0. The molecule has 0 radical (unpaired) electrons. The van der Waals surface area contributed by atoms with Crippen molar-refractivity contribution in [1.82, 2.24) is 9.55 Å². The first-order chi connectivity index (χ1) is 13.8. The molecule has 3 aromatic rings. The van der Waals surface area contributed by atoms with E-state index in [9.17, 15) is 9.59 Å². The van der Waals surface area contributed by atoms with Gasteiger partial charge in [-0.15, -0.1) is 11.3 Å². The standard InChI is InChI=1S/C23H27N3O2S/c1-12-6-7-17-18(10-12)29-22-19(17)23(28)26(11-24-22)16(5)21(27)25-20-14(3)8-13(2)9-15(20)4/h8-9,11-12,16H,6-7,10H2,1-5H3,(H,25,27)/t12-,16+/m0/s1. The zero-order chi connectivity index (χ0) is 20.9. The van der Waals surface area contributed by atoms with Crippen molar-refractivity contribution in [3.8, 4) is 0 Å². The molecule has 5 nitrogen and oxygen atoms in total. The van der Waals surface area contributed by atoms with E-state index < -0.39 is 6.04 Å². The van der Waals surface area contributed by atoms with Gasteiger partial charge in [0.25, 0.3) is 5.56 Å². The predicted molar refractivity (Wildman–Crippen MR) is 119 cm³/mol. The highest BCUT2D eigenvalue weighted by atomic mass is 32.1. The number of hydrogen-bond acceptors (Lipinski definition) is 4. The first-order valence-electron chi connectivity index (χ1n) is 10.2. The minimum absolute atomic E-state index is 0.109. The number of benzene rings is 1. The van der Waals surface area contributed by atoms with Crippen molar-refractivity contribution in [3.05, 3.63) is 55.9 Å². The van der Waals surface area contributed by atoms with E-state index in [2.05, 4.69) is 17.2 Å². The van der Waals surface area contributed by atoms with Gasteiger partial charge in [0.05, 0.1) is 11.7 Å². The smallest absolute Gasteiger partial charge is 0.263 e. The van der Waals surface area contributed by atoms with Gasteiger partial charge < -0.3 is 5.32 Å². The number of rotatable bonds is 3. The second-order valence-corrected chi connectivity index (χ2v) is 9.51. The number of anilines is 1. The second-order valence-electron chi connectivity index (χ2n) is 8.43. The molecule has 1 aromatic carbocycles. The van der Waals surface area contributed by atoms with Gasteiger partial charge >= 0.3 is 0 Å². The number of aromatic nitrogens is 2. The summed E-state index contributed by atoms with van der Waals surface area (Å²) in [6.45, 7) is 10.0. The molecular formula is C23H27N3O2S. The summed E-state index contributed by atoms with van der Waals surface area (Å²) < 4.78 is 1.47. The number of carbonyl (C=O) groups is 1. The highest BCUT2D eigenvalue weighted by Gasteiger charge is 2.25. The van der Waals surface area contributed by atoms with Gasteiger partial charge in [0.15, 0.2) is 0 Å². The van der Waals surface area contributed by atoms with E-state index >= 15 is 0 Å². The number of hydrogen-bond donors (Lipinski definition) is 1. The van der Waals surface area contributed by atoms with Crippen LogP contribution in [0.3, 0.4) is 0 Å². The van der Waals surface area contributed by atoms with Crippen LogP contribution in [0.15, 0.2) is 23.3 Å². The van der Waals surface area contributed by atoms with Crippen LogP contribution in [0.1, 0.15) is 53.4 Å². The van der Waals surface area contributed by atoms with Gasteiger partial charge in [-0.1, -0.05) is 24.6 Å². The summed E-state index contributed by atoms with van der Waals surface area (Å²) in [5.74, 6) is 0.435. The van der Waals surface area contributed by atoms with Gasteiger partial charge in [0.1, 0.15) is 10.9 Å². The van der Waals surface area contributed by atoms with Crippen LogP contribution in [0.2, 0.25) is 0 Å². The van der Waals surface area contributed by atoms with E-state index in [0.29, 0.717) is 11.3 Å². The zero-order valence-electron chi connectivity index (χ0n) is 17.6. The Hall–Kier alpha value is -2.47. The molecule has 0 saturated heterocycles. The van der Waals surface area contributed by atoms with Crippen LogP contribution in [-0.4, -0.2) is 15.5 Å². The number of nitrogens with one attached hydrogen (secondary N) is 1. The minimum Gasteiger partial charge on any atom is -0.324 e. The van der Waals surface area contributed by atoms with Crippen LogP contribution >= 0.6 is 11.3 Å². The first kappa shape index (κ1) is 19.8. The van der Waals surface area contributed by atoms with Crippen molar-refractivity contribution >= 4 is 33.1 Å². The SMILES string of the molecule is Cc1cc(C)c(NC(=O)[C@@H](C)n2cnc3sc4c(c3c2=O)CC[C@H](C)C4)c(C)c1. The van der Waals surface area contributed by atoms with Crippen molar-refractivity contribution in [2.75, 3.05) is 5.32 Å². The number of nitrogens with zero attached hydrogens (tertiary/aromatic N) is 2. The van der Waals surface area contributed by atoms with Crippen LogP contribution in [0.4, 0.5) is 5.69 Å². The van der Waals surface area contributed by atoms with E-state index in [-0.39, 0.29) is 11.5 Å². The molecule has 2 atom stereocenters. The maximum Gasteiger partial charge on any atom is 0.263 e. The zero-order valence-corrected chi connectivity index (χ0v) is 18.4. The van der Waals surface area contributed by atoms with E-state index in [1.807, 2.05) is 32.9 Å². The Labute approximate surface area is 174 Å². The monoisotopic (exact) mass is 409 g/mol. The minimum atomic E-state index is -0.641. The van der Waals surface area contributed by atoms with Crippen molar-refractivity contribution in [2.24, 2.45) is 5.92 Å². The van der Waals surface area contributed by atoms with Gasteiger partial charge in [0, 0.05) is 10.6 Å². The van der Waals surface area contributed by atoms with E-state index in [1.54, 1.807) is 18.3 Å². The molecule has 0 unspecified atom stereocenters. The molecule has 6 heteroatoms. The molecule has 1 N–H and O–H groups in total. The molecule has 1 aliphatic rings. The summed E-state index contributed by atoms with van der Waals surface area (Å²) in [6.07, 6.45) is 4.54. The third kappa shape index (κ3) is 3.50. The summed E-state index contributed by atoms with van der Waals surface area (Å²) in [4.78, 5) is 32.8. The van der Waals surface area contributed by atoms with E-state index in [1.165, 1.54) is 15.8 Å². The molecule has 4 rings (SSSR count). The fraction of sp³-hybridized carbons (Fsp3) is 0.435. The predicted octanol–water partition coefficient (Wildman–Crippen LogP) is 4.71. The second kappa shape index (κ2) is 7.41. The fourth-order valence-electron chi connectivity index (χ4n) is 4.35. The van der Waals surface area contributed by atoms with Crippen LogP contribution in [0.5, 0.6) is 0 Å². The number of amides is 1. The molecular weight excluding hydrogens is 382 g/mol. The average molecular weight is 410 g/mol. The Morgan fingerprint density at radius 3 is 2.66 bits per heavy atom. The largest absolute Gasteiger partial charge is 0.324 e. The van der Waals surface area contributed by atoms with Crippen LogP contribution < -0.4 is 10.9 Å². The van der Waals surface area contributed by atoms with Crippen molar-refractivity contribution < 1.29 is 4.79 Å². The van der Waals surface area contributed by atoms with Gasteiger partial charge in [-0.3, -0.25) is 14.2 Å². The molecule has 1 aliphatic carbocycles. The summed E-state index contributed by atoms with van der Waals surface area (Å²) in [5, 5.41) is 3.73. The van der Waals surface area contributed by atoms with Crippen molar-refractivity contribution in [2.45, 2.75) is 59.9 Å². The van der Waals surface area contributed by atoms with Gasteiger partial charge in [-0.25, -0.2) is 4.98 Å². The Kier molecular flexibility index (Phi) is 5.07. The van der Waals surface area contributed by atoms with Crippen LogP contribution in [0, 0.1) is 26.7 Å². The number of carbonyl (C=O) groups excluding carboxylic acids is 1. The van der Waals surface area contributed by atoms with Crippen molar-refractivity contribution in [1.29, 1.82) is 0 Å². The van der Waals surface area contributed by atoms with Gasteiger partial charge in [-0.05, 0) is 69.6 Å². The molecule has 29 heavy (non-hydrogen) atoms. The first-order valence-corrected chi connectivity index (χ1v) is 11.0. The summed E-state index contributed by atoms with van der Waals surface area (Å²) in [6, 6.07) is 3.45. The fourth-order valence-corrected chi connectivity index (χ4v) is 5.69. The molecule has 0 fully saturated rings. The van der Waals surface area contributed by atoms with Crippen LogP contribution in [0.25, 0.3) is 10.2 Å². The quantitative estimate of drug-likeness (QED) is 0.681. The van der Waals surface area contributed by atoms with Gasteiger partial charge in [0.2, 0.25) is 5.91 Å². The highest BCUT2D eigenvalue weighted by molar-refractivity contribution is 7.18. The molecule has 0 saturated carbocycles. The van der Waals surface area contributed by atoms with Crippen molar-refractivity contribution in [3.63, 3.8) is 0 Å². The number of thiophene rings is 1. The van der Waals surface area contributed by atoms with E-state index in [0.717, 1.165) is 52.0 Å². The lowest BCUT2D eigenvalue weighted by Gasteiger charge is -2.19. The van der Waals surface area contributed by atoms with Crippen LogP contribution in [-0.2, 0) is 17.6 Å². The molecule has 152 valence electrons. The summed E-state index contributed by atoms with van der Waals surface area (Å²) >= 11 is 1.63. The maximum atomic E-state index is 13.3. The third-order valence-electron chi connectivity index (χ3n) is 5.96. The topological polar surface area (TPSA) is 64.0 Å². The Morgan fingerprint density at radius 2 is 1.97 bits per heavy atom. The normalized spacial score (nSPS) is 17.2. The Bertz CT molecular complexity index is 1150. The molecule has 0 bridgehead atoms. The lowest BCUT2D eigenvalue weighted by molar-refractivity contribution is -0.118. The number of aryl methyl sites for hydroxylation is 4. The van der Waals surface area contributed by atoms with E-state index in [4.69, 9.17) is 0 Å². The average Bonchev–Trinajstić information content (AvgIpc) is 3.02. The number of fused-ring (bicyclic) bond motifs is 3. The highest BCUT2D eigenvalue weighted by Crippen LogP contribution is 2.35. The maximum absolute atomic E-state index is 13.3. The molecule has 2 aromatic heterocycles. The molecule has 2 heterocycles. The third-order valence-corrected chi connectivity index (χ3v) is 7.13. The Balaban J connectivity index is 1.69. The Morgan fingerprint density at radius 1 is 1.28 bits per heavy atom. The lowest BCUT2D eigenvalue weighted by Crippen LogP contribution is -2.32. The molecule has 0 aliphatic heterocycles. The molecule has 0 spiro atoms. The summed E-state index contributed by atoms with van der Waals surface area (Å²) in [5.41, 5.74) is 5.05. The molecule has 1 amide bonds.